The second-order valence-electron chi connectivity index (χ2n) is 7.43. The standard InChI is InChI=1S/C24H16F7N2O2/c25-22(26)23(27,28)34-18-8-4-6-16(12-18)20-14-33(21-10-2-1-9-19(21)32-20)13-15-5-3-7-17(11-15)35-24(29,30)31/h1-12,14,22H,13H2/q+1. The topological polar surface area (TPSA) is 35.2 Å². The lowest BCUT2D eigenvalue weighted by atomic mass is 10.1. The summed E-state index contributed by atoms with van der Waals surface area (Å²) >= 11 is 0. The van der Waals surface area contributed by atoms with Crippen molar-refractivity contribution in [2.24, 2.45) is 0 Å². The first-order chi connectivity index (χ1) is 16.5. The Hall–Kier alpha value is -3.89. The summed E-state index contributed by atoms with van der Waals surface area (Å²) < 4.78 is 99.4. The van der Waals surface area contributed by atoms with E-state index in [9.17, 15) is 30.7 Å². The molecule has 4 nitrogen and oxygen atoms in total. The van der Waals surface area contributed by atoms with Gasteiger partial charge in [-0.25, -0.2) is 4.98 Å². The molecule has 0 radical (unpaired) electrons. The van der Waals surface area contributed by atoms with E-state index in [1.807, 2.05) is 0 Å². The molecule has 0 amide bonds. The molecule has 0 saturated carbocycles. The van der Waals surface area contributed by atoms with Crippen molar-refractivity contribution in [2.75, 3.05) is 0 Å². The number of halogens is 7. The van der Waals surface area contributed by atoms with Crippen molar-refractivity contribution < 1.29 is 44.8 Å². The Morgan fingerprint density at radius 2 is 1.49 bits per heavy atom. The molecule has 35 heavy (non-hydrogen) atoms. The molecular weight excluding hydrogens is 481 g/mol. The number of ether oxygens (including phenoxy) is 2. The van der Waals surface area contributed by atoms with Crippen LogP contribution in [0.1, 0.15) is 5.56 Å². The van der Waals surface area contributed by atoms with Crippen LogP contribution in [0, 0.1) is 0 Å². The number of benzene rings is 3. The summed E-state index contributed by atoms with van der Waals surface area (Å²) in [5.41, 5.74) is 2.26. The molecule has 182 valence electrons. The fourth-order valence-corrected chi connectivity index (χ4v) is 3.41. The maximum atomic E-state index is 13.3. The normalized spacial score (nSPS) is 12.2. The molecule has 0 spiro atoms. The van der Waals surface area contributed by atoms with Crippen LogP contribution in [0.2, 0.25) is 0 Å². The molecular formula is C24H16F7N2O2+. The van der Waals surface area contributed by atoms with Crippen LogP contribution in [0.15, 0.2) is 79.0 Å². The highest BCUT2D eigenvalue weighted by atomic mass is 19.4. The Morgan fingerprint density at radius 3 is 2.20 bits per heavy atom. The van der Waals surface area contributed by atoms with Crippen molar-refractivity contribution in [3.8, 4) is 22.8 Å². The Morgan fingerprint density at radius 1 is 0.800 bits per heavy atom. The van der Waals surface area contributed by atoms with Gasteiger partial charge < -0.3 is 9.47 Å². The molecule has 4 rings (SSSR count). The zero-order chi connectivity index (χ0) is 25.2. The zero-order valence-electron chi connectivity index (χ0n) is 17.6. The summed E-state index contributed by atoms with van der Waals surface area (Å²) in [6, 6.07) is 17.5. The van der Waals surface area contributed by atoms with E-state index in [1.165, 1.54) is 30.3 Å². The number of para-hydroxylation sites is 2. The third kappa shape index (κ3) is 5.97. The van der Waals surface area contributed by atoms with Crippen LogP contribution in [0.3, 0.4) is 0 Å². The summed E-state index contributed by atoms with van der Waals surface area (Å²) in [5, 5.41) is 0. The molecule has 0 fully saturated rings. The van der Waals surface area contributed by atoms with Gasteiger partial charge in [-0.15, -0.1) is 13.2 Å². The van der Waals surface area contributed by atoms with E-state index in [-0.39, 0.29) is 12.3 Å². The van der Waals surface area contributed by atoms with Gasteiger partial charge in [0.15, 0.2) is 12.7 Å². The first kappa shape index (κ1) is 24.2. The van der Waals surface area contributed by atoms with Crippen molar-refractivity contribution in [3.63, 3.8) is 0 Å². The smallest absolute Gasteiger partial charge is 0.428 e. The number of aromatic nitrogens is 2. The first-order valence-corrected chi connectivity index (χ1v) is 10.1. The van der Waals surface area contributed by atoms with Gasteiger partial charge in [0, 0.05) is 17.2 Å². The highest BCUT2D eigenvalue weighted by molar-refractivity contribution is 5.74. The molecule has 0 aliphatic carbocycles. The average Bonchev–Trinajstić information content (AvgIpc) is 2.78. The van der Waals surface area contributed by atoms with Crippen LogP contribution >= 0.6 is 0 Å². The molecule has 1 aromatic heterocycles. The highest BCUT2D eigenvalue weighted by Gasteiger charge is 2.44. The Balaban J connectivity index is 1.71. The van der Waals surface area contributed by atoms with Crippen LogP contribution in [0.25, 0.3) is 22.3 Å². The number of fused-ring (bicyclic) bond motifs is 1. The lowest BCUT2D eigenvalue weighted by Gasteiger charge is -2.17. The zero-order valence-corrected chi connectivity index (χ0v) is 17.6. The van der Waals surface area contributed by atoms with E-state index in [1.54, 1.807) is 41.1 Å². The fourth-order valence-electron chi connectivity index (χ4n) is 3.41. The fraction of sp³-hybridized carbons (Fsp3) is 0.167. The van der Waals surface area contributed by atoms with Crippen LogP contribution in [0.4, 0.5) is 30.7 Å². The minimum absolute atomic E-state index is 0.130. The summed E-state index contributed by atoms with van der Waals surface area (Å²) in [6.07, 6.45) is -11.9. The summed E-state index contributed by atoms with van der Waals surface area (Å²) in [4.78, 5) is 4.50. The van der Waals surface area contributed by atoms with Gasteiger partial charge in [-0.3, -0.25) is 0 Å². The molecule has 0 aliphatic heterocycles. The maximum Gasteiger partial charge on any atom is 0.573 e. The van der Waals surface area contributed by atoms with Gasteiger partial charge in [0.1, 0.15) is 22.7 Å². The van der Waals surface area contributed by atoms with E-state index in [4.69, 9.17) is 0 Å². The molecule has 3 aromatic carbocycles. The number of hydrogen-bond donors (Lipinski definition) is 0. The number of nitrogens with zero attached hydrogens (tertiary/aromatic N) is 2. The second kappa shape index (κ2) is 9.40. The molecule has 4 aromatic rings. The van der Waals surface area contributed by atoms with Gasteiger partial charge in [0.05, 0.1) is 0 Å². The highest BCUT2D eigenvalue weighted by Crippen LogP contribution is 2.30. The SMILES string of the molecule is FC(F)C(F)(F)Oc1cccc(-c2c[n+](Cc3cccc(OC(F)(F)F)c3)c3ccccc3n2)c1. The number of alkyl halides is 7. The molecule has 0 atom stereocenters. The number of rotatable bonds is 7. The van der Waals surface area contributed by atoms with Crippen molar-refractivity contribution in [2.45, 2.75) is 25.4 Å². The van der Waals surface area contributed by atoms with Crippen molar-refractivity contribution >= 4 is 11.0 Å². The van der Waals surface area contributed by atoms with Gasteiger partial charge >= 0.3 is 18.9 Å². The Kier molecular flexibility index (Phi) is 6.51. The predicted octanol–water partition coefficient (Wildman–Crippen LogP) is 6.37. The third-order valence-corrected chi connectivity index (χ3v) is 4.83. The number of hydrogen-bond acceptors (Lipinski definition) is 3. The molecule has 1 heterocycles. The van der Waals surface area contributed by atoms with E-state index >= 15 is 0 Å². The van der Waals surface area contributed by atoms with Crippen LogP contribution in [-0.4, -0.2) is 23.9 Å². The summed E-state index contributed by atoms with van der Waals surface area (Å²) in [6.45, 7) is 0.130. The molecule has 0 bridgehead atoms. The van der Waals surface area contributed by atoms with Gasteiger partial charge in [0.2, 0.25) is 5.52 Å². The van der Waals surface area contributed by atoms with Gasteiger partial charge in [-0.2, -0.15) is 22.1 Å². The van der Waals surface area contributed by atoms with Gasteiger partial charge in [-0.1, -0.05) is 36.4 Å². The monoisotopic (exact) mass is 497 g/mol. The second-order valence-corrected chi connectivity index (χ2v) is 7.43. The third-order valence-electron chi connectivity index (χ3n) is 4.83. The summed E-state index contributed by atoms with van der Waals surface area (Å²) in [5.74, 6) is -0.856. The van der Waals surface area contributed by atoms with E-state index in [2.05, 4.69) is 14.5 Å². The first-order valence-electron chi connectivity index (χ1n) is 10.1. The van der Waals surface area contributed by atoms with Gasteiger partial charge in [0.25, 0.3) is 0 Å². The van der Waals surface area contributed by atoms with Crippen molar-refractivity contribution in [1.82, 2.24) is 4.98 Å². The Bertz CT molecular complexity index is 1340. The lowest BCUT2D eigenvalue weighted by Crippen LogP contribution is -2.35. The predicted molar refractivity (Wildman–Crippen MR) is 111 cm³/mol. The minimum atomic E-state index is -4.84. The largest absolute Gasteiger partial charge is 0.573 e. The van der Waals surface area contributed by atoms with Crippen LogP contribution < -0.4 is 14.0 Å². The van der Waals surface area contributed by atoms with Crippen LogP contribution in [-0.2, 0) is 6.54 Å². The van der Waals surface area contributed by atoms with Gasteiger partial charge in [-0.05, 0) is 30.3 Å². The van der Waals surface area contributed by atoms with E-state index in [0.29, 0.717) is 27.9 Å². The Labute approximate surface area is 194 Å². The van der Waals surface area contributed by atoms with Crippen molar-refractivity contribution in [3.05, 3.63) is 84.6 Å². The van der Waals surface area contributed by atoms with Crippen molar-refractivity contribution in [1.29, 1.82) is 0 Å². The molecule has 0 saturated heterocycles. The molecule has 0 aliphatic rings. The lowest BCUT2D eigenvalue weighted by molar-refractivity contribution is -0.662. The van der Waals surface area contributed by atoms with Crippen LogP contribution in [0.5, 0.6) is 11.5 Å². The quantitative estimate of drug-likeness (QED) is 0.220. The maximum absolute atomic E-state index is 13.3. The molecule has 0 unspecified atom stereocenters. The summed E-state index contributed by atoms with van der Waals surface area (Å²) in [7, 11) is 0. The molecule has 0 N–H and O–H groups in total. The average molecular weight is 497 g/mol. The molecule has 11 heteroatoms. The van der Waals surface area contributed by atoms with E-state index < -0.39 is 24.6 Å². The minimum Gasteiger partial charge on any atom is -0.428 e. The van der Waals surface area contributed by atoms with E-state index in [0.717, 1.165) is 12.1 Å².